The number of anilines is 1. The molecule has 0 aliphatic heterocycles. The van der Waals surface area contributed by atoms with Crippen LogP contribution in [0.2, 0.25) is 0 Å². The van der Waals surface area contributed by atoms with Crippen molar-refractivity contribution in [1.82, 2.24) is 14.6 Å². The first-order valence-corrected chi connectivity index (χ1v) is 6.01. The van der Waals surface area contributed by atoms with Crippen LogP contribution in [0.4, 0.5) is 10.1 Å². The first-order valence-electron chi connectivity index (χ1n) is 6.01. The summed E-state index contributed by atoms with van der Waals surface area (Å²) in [5, 5.41) is 6.83. The number of fused-ring (bicyclic) bond motifs is 1. The summed E-state index contributed by atoms with van der Waals surface area (Å²) >= 11 is 0. The van der Waals surface area contributed by atoms with Gasteiger partial charge >= 0.3 is 0 Å². The highest BCUT2D eigenvalue weighted by Crippen LogP contribution is 2.16. The Morgan fingerprint density at radius 1 is 1.35 bits per heavy atom. The lowest BCUT2D eigenvalue weighted by molar-refractivity contribution is 0.102. The highest BCUT2D eigenvalue weighted by atomic mass is 19.1. The van der Waals surface area contributed by atoms with E-state index in [0.717, 1.165) is 0 Å². The van der Waals surface area contributed by atoms with Crippen LogP contribution in [0.25, 0.3) is 5.65 Å². The molecule has 0 aliphatic rings. The zero-order valence-corrected chi connectivity index (χ0v) is 10.7. The van der Waals surface area contributed by atoms with E-state index in [0.29, 0.717) is 16.9 Å². The van der Waals surface area contributed by atoms with Crippen LogP contribution in [0.3, 0.4) is 0 Å². The van der Waals surface area contributed by atoms with Crippen LogP contribution in [0, 0.1) is 12.7 Å². The molecule has 0 fully saturated rings. The van der Waals surface area contributed by atoms with E-state index >= 15 is 0 Å². The van der Waals surface area contributed by atoms with Crippen LogP contribution in [-0.4, -0.2) is 20.5 Å². The van der Waals surface area contributed by atoms with E-state index in [1.807, 2.05) is 0 Å². The molecule has 2 aromatic heterocycles. The molecule has 0 spiro atoms. The Labute approximate surface area is 114 Å². The van der Waals surface area contributed by atoms with Crippen LogP contribution < -0.4 is 5.32 Å². The van der Waals surface area contributed by atoms with E-state index in [4.69, 9.17) is 0 Å². The van der Waals surface area contributed by atoms with E-state index in [2.05, 4.69) is 15.4 Å². The molecule has 100 valence electrons. The minimum absolute atomic E-state index is 0.257. The molecule has 0 atom stereocenters. The molecule has 1 N–H and O–H groups in total. The second-order valence-corrected chi connectivity index (χ2v) is 4.37. The van der Waals surface area contributed by atoms with Gasteiger partial charge in [-0.1, -0.05) is 0 Å². The van der Waals surface area contributed by atoms with Gasteiger partial charge in [0.1, 0.15) is 5.82 Å². The summed E-state index contributed by atoms with van der Waals surface area (Å²) in [7, 11) is 0. The quantitative estimate of drug-likeness (QED) is 0.778. The number of carbonyl (C=O) groups is 1. The van der Waals surface area contributed by atoms with Gasteiger partial charge in [0, 0.05) is 24.1 Å². The Hall–Kier alpha value is -2.76. The maximum absolute atomic E-state index is 13.0. The van der Waals surface area contributed by atoms with Gasteiger partial charge in [0.05, 0.1) is 0 Å². The highest BCUT2D eigenvalue weighted by Gasteiger charge is 2.12. The van der Waals surface area contributed by atoms with Gasteiger partial charge in [-0.2, -0.15) is 5.10 Å². The maximum atomic E-state index is 13.0. The predicted octanol–water partition coefficient (Wildman–Crippen LogP) is 2.43. The topological polar surface area (TPSA) is 59.3 Å². The summed E-state index contributed by atoms with van der Waals surface area (Å²) in [4.78, 5) is 16.2. The molecule has 5 nitrogen and oxygen atoms in total. The average Bonchev–Trinajstić information content (AvgIpc) is 2.86. The van der Waals surface area contributed by atoms with Gasteiger partial charge in [0.2, 0.25) is 0 Å². The zero-order valence-electron chi connectivity index (χ0n) is 10.7. The average molecular weight is 270 g/mol. The summed E-state index contributed by atoms with van der Waals surface area (Å²) in [6, 6.07) is 7.51. The molecule has 3 rings (SSSR count). The first-order chi connectivity index (χ1) is 9.63. The van der Waals surface area contributed by atoms with E-state index in [1.165, 1.54) is 22.7 Å². The molecular formula is C14H11FN4O. The summed E-state index contributed by atoms with van der Waals surface area (Å²) < 4.78 is 14.5. The van der Waals surface area contributed by atoms with Gasteiger partial charge in [-0.05, 0) is 36.8 Å². The van der Waals surface area contributed by atoms with E-state index in [-0.39, 0.29) is 17.4 Å². The van der Waals surface area contributed by atoms with Crippen molar-refractivity contribution in [3.63, 3.8) is 0 Å². The smallest absolute Gasteiger partial charge is 0.276 e. The predicted molar refractivity (Wildman–Crippen MR) is 72.1 cm³/mol. The Kier molecular flexibility index (Phi) is 2.90. The molecule has 0 radical (unpaired) electrons. The van der Waals surface area contributed by atoms with Crippen molar-refractivity contribution in [2.24, 2.45) is 0 Å². The Morgan fingerprint density at radius 2 is 2.20 bits per heavy atom. The lowest BCUT2D eigenvalue weighted by Gasteiger charge is -2.06. The number of benzene rings is 1. The number of carbonyl (C=O) groups excluding carboxylic acids is 1. The van der Waals surface area contributed by atoms with Gasteiger partial charge < -0.3 is 5.32 Å². The number of aryl methyl sites for hydroxylation is 1. The summed E-state index contributed by atoms with van der Waals surface area (Å²) in [6.07, 6.45) is 3.34. The number of amides is 1. The number of aromatic nitrogens is 3. The van der Waals surface area contributed by atoms with E-state index in [1.54, 1.807) is 31.5 Å². The van der Waals surface area contributed by atoms with Crippen molar-refractivity contribution in [1.29, 1.82) is 0 Å². The third-order valence-corrected chi connectivity index (χ3v) is 2.91. The molecule has 3 aromatic rings. The Balaban J connectivity index is 1.89. The number of rotatable bonds is 2. The van der Waals surface area contributed by atoms with Crippen molar-refractivity contribution < 1.29 is 9.18 Å². The zero-order chi connectivity index (χ0) is 14.1. The summed E-state index contributed by atoms with van der Waals surface area (Å²) in [5.74, 6) is -0.692. The molecule has 0 saturated carbocycles. The number of halogens is 1. The van der Waals surface area contributed by atoms with Crippen LogP contribution in [0.1, 0.15) is 16.1 Å². The number of hydrogen-bond donors (Lipinski definition) is 1. The SMILES string of the molecule is Cc1cc(F)ccc1NC(=O)c1cc2ncccn2n1. The second-order valence-electron chi connectivity index (χ2n) is 4.37. The number of nitrogens with one attached hydrogen (secondary N) is 1. The fraction of sp³-hybridized carbons (Fsp3) is 0.0714. The number of hydrogen-bond acceptors (Lipinski definition) is 3. The molecule has 6 heteroatoms. The second kappa shape index (κ2) is 4.73. The van der Waals surface area contributed by atoms with Crippen molar-refractivity contribution in [3.8, 4) is 0 Å². The fourth-order valence-electron chi connectivity index (χ4n) is 1.89. The maximum Gasteiger partial charge on any atom is 0.276 e. The van der Waals surface area contributed by atoms with Crippen LogP contribution >= 0.6 is 0 Å². The van der Waals surface area contributed by atoms with Crippen LogP contribution in [0.15, 0.2) is 42.7 Å². The molecule has 0 unspecified atom stereocenters. The van der Waals surface area contributed by atoms with Gasteiger partial charge in [-0.15, -0.1) is 0 Å². The van der Waals surface area contributed by atoms with Crippen LogP contribution in [-0.2, 0) is 0 Å². The normalized spacial score (nSPS) is 10.7. The molecule has 0 bridgehead atoms. The third-order valence-electron chi connectivity index (χ3n) is 2.91. The first kappa shape index (κ1) is 12.3. The van der Waals surface area contributed by atoms with Crippen molar-refractivity contribution in [2.45, 2.75) is 6.92 Å². The van der Waals surface area contributed by atoms with Gasteiger partial charge in [0.25, 0.3) is 5.91 Å². The third kappa shape index (κ3) is 2.23. The monoisotopic (exact) mass is 270 g/mol. The molecule has 0 saturated heterocycles. The molecule has 1 amide bonds. The standard InChI is InChI=1S/C14H11FN4O/c1-9-7-10(15)3-4-11(9)17-14(20)12-8-13-16-5-2-6-19(13)18-12/h2-8H,1H3,(H,17,20). The molecule has 2 heterocycles. The van der Waals surface area contributed by atoms with E-state index < -0.39 is 0 Å². The minimum atomic E-state index is -0.356. The Bertz CT molecular complexity index is 764. The van der Waals surface area contributed by atoms with Gasteiger partial charge in [-0.25, -0.2) is 13.9 Å². The molecular weight excluding hydrogens is 259 g/mol. The van der Waals surface area contributed by atoms with Crippen LogP contribution in [0.5, 0.6) is 0 Å². The molecule has 1 aromatic carbocycles. The van der Waals surface area contributed by atoms with Crippen molar-refractivity contribution >= 4 is 17.2 Å². The number of nitrogens with zero attached hydrogens (tertiary/aromatic N) is 3. The lowest BCUT2D eigenvalue weighted by Crippen LogP contribution is -2.13. The fourth-order valence-corrected chi connectivity index (χ4v) is 1.89. The summed E-state index contributed by atoms with van der Waals surface area (Å²) in [6.45, 7) is 1.73. The summed E-state index contributed by atoms with van der Waals surface area (Å²) in [5.41, 5.74) is 2.06. The minimum Gasteiger partial charge on any atom is -0.320 e. The van der Waals surface area contributed by atoms with Crippen molar-refractivity contribution in [3.05, 3.63) is 59.8 Å². The van der Waals surface area contributed by atoms with Gasteiger partial charge in [-0.3, -0.25) is 4.79 Å². The van der Waals surface area contributed by atoms with E-state index in [9.17, 15) is 9.18 Å². The largest absolute Gasteiger partial charge is 0.320 e. The highest BCUT2D eigenvalue weighted by molar-refractivity contribution is 6.03. The molecule has 20 heavy (non-hydrogen) atoms. The lowest BCUT2D eigenvalue weighted by atomic mass is 10.2. The molecule has 0 aliphatic carbocycles. The van der Waals surface area contributed by atoms with Gasteiger partial charge in [0.15, 0.2) is 11.3 Å². The van der Waals surface area contributed by atoms with Crippen molar-refractivity contribution in [2.75, 3.05) is 5.32 Å². The Morgan fingerprint density at radius 3 is 2.95 bits per heavy atom.